The molecule has 0 saturated carbocycles. The third kappa shape index (κ3) is 3.30. The van der Waals surface area contributed by atoms with Crippen molar-refractivity contribution in [1.82, 2.24) is 19.8 Å². The van der Waals surface area contributed by atoms with Crippen molar-refractivity contribution in [1.29, 1.82) is 0 Å². The van der Waals surface area contributed by atoms with E-state index >= 15 is 0 Å². The van der Waals surface area contributed by atoms with Crippen LogP contribution in [0.25, 0.3) is 0 Å². The maximum absolute atomic E-state index is 4.44. The normalized spacial score (nSPS) is 17.8. The van der Waals surface area contributed by atoms with E-state index in [1.165, 1.54) is 31.6 Å². The molecule has 0 aromatic carbocycles. The molecule has 2 rings (SSSR count). The molecule has 2 heterocycles. The van der Waals surface area contributed by atoms with Gasteiger partial charge in [-0.15, -0.1) is 0 Å². The van der Waals surface area contributed by atoms with Gasteiger partial charge in [-0.25, -0.2) is 4.98 Å². The van der Waals surface area contributed by atoms with Gasteiger partial charge in [0.15, 0.2) is 0 Å². The molecule has 1 fully saturated rings. The Balaban J connectivity index is 1.98. The summed E-state index contributed by atoms with van der Waals surface area (Å²) in [6, 6.07) is 0.730. The van der Waals surface area contributed by atoms with E-state index in [0.29, 0.717) is 0 Å². The lowest BCUT2D eigenvalue weighted by Crippen LogP contribution is -2.43. The number of nitrogens with one attached hydrogen (secondary N) is 1. The molecule has 0 unspecified atom stereocenters. The van der Waals surface area contributed by atoms with Gasteiger partial charge in [0.2, 0.25) is 0 Å². The second kappa shape index (κ2) is 6.17. The average Bonchev–Trinajstić information content (AvgIpc) is 2.76. The average molecular weight is 236 g/mol. The van der Waals surface area contributed by atoms with E-state index in [2.05, 4.69) is 33.7 Å². The van der Waals surface area contributed by atoms with Gasteiger partial charge in [0.25, 0.3) is 0 Å². The molecular formula is C13H24N4. The first kappa shape index (κ1) is 12.6. The summed E-state index contributed by atoms with van der Waals surface area (Å²) in [5, 5.41) is 3.43. The van der Waals surface area contributed by atoms with Crippen LogP contribution in [0.4, 0.5) is 0 Å². The topological polar surface area (TPSA) is 33.1 Å². The fraction of sp³-hybridized carbons (Fsp3) is 0.769. The highest BCUT2D eigenvalue weighted by atomic mass is 15.2. The molecular weight excluding hydrogens is 212 g/mol. The summed E-state index contributed by atoms with van der Waals surface area (Å²) in [7, 11) is 2.08. The minimum atomic E-state index is 0.730. The van der Waals surface area contributed by atoms with E-state index in [1.54, 1.807) is 0 Å². The smallest absolute Gasteiger partial charge is 0.122 e. The number of piperidine rings is 1. The van der Waals surface area contributed by atoms with Gasteiger partial charge >= 0.3 is 0 Å². The first-order chi connectivity index (χ1) is 8.31. The maximum atomic E-state index is 4.44. The molecule has 1 aromatic heterocycles. The van der Waals surface area contributed by atoms with Gasteiger partial charge in [0, 0.05) is 25.5 Å². The van der Waals surface area contributed by atoms with Crippen LogP contribution in [-0.4, -0.2) is 40.1 Å². The van der Waals surface area contributed by atoms with Gasteiger partial charge in [-0.2, -0.15) is 0 Å². The third-order valence-electron chi connectivity index (χ3n) is 3.60. The highest BCUT2D eigenvalue weighted by Gasteiger charge is 2.21. The van der Waals surface area contributed by atoms with Crippen LogP contribution in [0.2, 0.25) is 0 Å². The standard InChI is InChI=1S/C13H24N4/c1-3-9-17(12-4-6-14-7-5-12)11-13-15-8-10-16(13)2/h8,10,12,14H,3-7,9,11H2,1-2H3. The Bertz CT molecular complexity index is 328. The van der Waals surface area contributed by atoms with E-state index in [0.717, 1.165) is 25.7 Å². The van der Waals surface area contributed by atoms with Crippen LogP contribution in [0.5, 0.6) is 0 Å². The van der Waals surface area contributed by atoms with Crippen molar-refractivity contribution >= 4 is 0 Å². The fourth-order valence-corrected chi connectivity index (χ4v) is 2.58. The molecule has 0 bridgehead atoms. The molecule has 0 amide bonds. The Morgan fingerprint density at radius 2 is 2.24 bits per heavy atom. The predicted octanol–water partition coefficient (Wildman–Crippen LogP) is 1.38. The zero-order valence-corrected chi connectivity index (χ0v) is 11.0. The molecule has 1 aliphatic rings. The zero-order valence-electron chi connectivity index (χ0n) is 11.0. The van der Waals surface area contributed by atoms with Crippen molar-refractivity contribution in [2.75, 3.05) is 19.6 Å². The van der Waals surface area contributed by atoms with Gasteiger partial charge in [0.1, 0.15) is 5.82 Å². The van der Waals surface area contributed by atoms with Gasteiger partial charge < -0.3 is 9.88 Å². The van der Waals surface area contributed by atoms with Crippen molar-refractivity contribution in [3.05, 3.63) is 18.2 Å². The Morgan fingerprint density at radius 1 is 1.47 bits per heavy atom. The highest BCUT2D eigenvalue weighted by molar-refractivity contribution is 4.92. The molecule has 4 heteroatoms. The molecule has 1 aliphatic heterocycles. The predicted molar refractivity (Wildman–Crippen MR) is 69.8 cm³/mol. The summed E-state index contributed by atoms with van der Waals surface area (Å²) < 4.78 is 2.13. The number of aromatic nitrogens is 2. The minimum absolute atomic E-state index is 0.730. The van der Waals surface area contributed by atoms with Crippen LogP contribution < -0.4 is 5.32 Å². The summed E-state index contributed by atoms with van der Waals surface area (Å²) in [5.41, 5.74) is 0. The number of imidazole rings is 1. The molecule has 1 N–H and O–H groups in total. The molecule has 0 radical (unpaired) electrons. The lowest BCUT2D eigenvalue weighted by atomic mass is 10.0. The van der Waals surface area contributed by atoms with E-state index < -0.39 is 0 Å². The second-order valence-corrected chi connectivity index (χ2v) is 4.91. The summed E-state index contributed by atoms with van der Waals surface area (Å²) in [4.78, 5) is 7.04. The zero-order chi connectivity index (χ0) is 12.1. The van der Waals surface area contributed by atoms with Crippen molar-refractivity contribution in [2.45, 2.75) is 38.8 Å². The quantitative estimate of drug-likeness (QED) is 0.838. The molecule has 0 aliphatic carbocycles. The highest BCUT2D eigenvalue weighted by Crippen LogP contribution is 2.15. The molecule has 96 valence electrons. The molecule has 0 spiro atoms. The summed E-state index contributed by atoms with van der Waals surface area (Å²) >= 11 is 0. The summed E-state index contributed by atoms with van der Waals surface area (Å²) in [5.74, 6) is 1.18. The van der Waals surface area contributed by atoms with Crippen molar-refractivity contribution in [2.24, 2.45) is 7.05 Å². The Hall–Kier alpha value is -0.870. The van der Waals surface area contributed by atoms with E-state index in [1.807, 2.05) is 12.4 Å². The van der Waals surface area contributed by atoms with Gasteiger partial charge in [-0.1, -0.05) is 6.92 Å². The molecule has 17 heavy (non-hydrogen) atoms. The number of rotatable bonds is 5. The Kier molecular flexibility index (Phi) is 4.57. The van der Waals surface area contributed by atoms with Crippen molar-refractivity contribution in [3.63, 3.8) is 0 Å². The first-order valence-electron chi connectivity index (χ1n) is 6.72. The molecule has 1 saturated heterocycles. The maximum Gasteiger partial charge on any atom is 0.122 e. The Labute approximate surface area is 104 Å². The second-order valence-electron chi connectivity index (χ2n) is 4.91. The third-order valence-corrected chi connectivity index (χ3v) is 3.60. The SMILES string of the molecule is CCCN(Cc1nccn1C)C1CCNCC1. The van der Waals surface area contributed by atoms with Crippen LogP contribution in [0.1, 0.15) is 32.0 Å². The molecule has 1 aromatic rings. The van der Waals surface area contributed by atoms with Crippen LogP contribution in [0.15, 0.2) is 12.4 Å². The number of hydrogen-bond acceptors (Lipinski definition) is 3. The van der Waals surface area contributed by atoms with Crippen LogP contribution in [0.3, 0.4) is 0 Å². The Morgan fingerprint density at radius 3 is 2.82 bits per heavy atom. The van der Waals surface area contributed by atoms with Crippen LogP contribution in [-0.2, 0) is 13.6 Å². The first-order valence-corrected chi connectivity index (χ1v) is 6.72. The van der Waals surface area contributed by atoms with Crippen LogP contribution >= 0.6 is 0 Å². The summed E-state index contributed by atoms with van der Waals surface area (Å²) in [6.45, 7) is 6.74. The minimum Gasteiger partial charge on any atom is -0.337 e. The van der Waals surface area contributed by atoms with E-state index in [4.69, 9.17) is 0 Å². The van der Waals surface area contributed by atoms with Crippen molar-refractivity contribution < 1.29 is 0 Å². The van der Waals surface area contributed by atoms with Crippen molar-refractivity contribution in [3.8, 4) is 0 Å². The lowest BCUT2D eigenvalue weighted by Gasteiger charge is -2.34. The number of aryl methyl sites for hydroxylation is 1. The lowest BCUT2D eigenvalue weighted by molar-refractivity contribution is 0.149. The molecule has 4 nitrogen and oxygen atoms in total. The van der Waals surface area contributed by atoms with E-state index in [9.17, 15) is 0 Å². The monoisotopic (exact) mass is 236 g/mol. The summed E-state index contributed by atoms with van der Waals surface area (Å²) in [6.07, 6.45) is 7.67. The van der Waals surface area contributed by atoms with Gasteiger partial charge in [-0.3, -0.25) is 4.90 Å². The largest absolute Gasteiger partial charge is 0.337 e. The van der Waals surface area contributed by atoms with Gasteiger partial charge in [0.05, 0.1) is 6.54 Å². The molecule has 0 atom stereocenters. The van der Waals surface area contributed by atoms with E-state index in [-0.39, 0.29) is 0 Å². The fourth-order valence-electron chi connectivity index (χ4n) is 2.58. The number of nitrogens with zero attached hydrogens (tertiary/aromatic N) is 3. The van der Waals surface area contributed by atoms with Crippen LogP contribution in [0, 0.1) is 0 Å². The van der Waals surface area contributed by atoms with Gasteiger partial charge in [-0.05, 0) is 38.9 Å². The number of hydrogen-bond donors (Lipinski definition) is 1.